The second kappa shape index (κ2) is 13.6. The summed E-state index contributed by atoms with van der Waals surface area (Å²) in [4.78, 5) is 23.8. The zero-order chi connectivity index (χ0) is 30.5. The minimum absolute atomic E-state index is 0.193. The quantitative estimate of drug-likeness (QED) is 0.374. The number of morpholine rings is 1. The van der Waals surface area contributed by atoms with E-state index < -0.39 is 5.60 Å². The molecule has 44 heavy (non-hydrogen) atoms. The molecule has 0 saturated carbocycles. The number of aromatic nitrogens is 3. The smallest absolute Gasteiger partial charge is 0.410 e. The van der Waals surface area contributed by atoms with Crippen molar-refractivity contribution in [2.24, 2.45) is 5.92 Å². The maximum absolute atomic E-state index is 12.4. The summed E-state index contributed by atoms with van der Waals surface area (Å²) in [5.41, 5.74) is 6.40. The molecule has 1 atom stereocenters. The Morgan fingerprint density at radius 3 is 2.57 bits per heavy atom. The maximum atomic E-state index is 12.4. The number of ether oxygens (including phenoxy) is 2. The fraction of sp³-hybridized carbons (Fsp3) is 0.514. The number of aromatic amines is 1. The van der Waals surface area contributed by atoms with Crippen LogP contribution in [0, 0.1) is 5.92 Å². The van der Waals surface area contributed by atoms with Crippen LogP contribution in [0.5, 0.6) is 0 Å². The Balaban J connectivity index is 1.02. The Morgan fingerprint density at radius 2 is 1.86 bits per heavy atom. The van der Waals surface area contributed by atoms with Gasteiger partial charge in [0.05, 0.1) is 30.1 Å². The highest BCUT2D eigenvalue weighted by atomic mass is 16.6. The first-order chi connectivity index (χ1) is 21.3. The van der Waals surface area contributed by atoms with Crippen molar-refractivity contribution in [3.63, 3.8) is 0 Å². The van der Waals surface area contributed by atoms with Gasteiger partial charge in [-0.1, -0.05) is 24.3 Å². The van der Waals surface area contributed by atoms with Crippen molar-refractivity contribution in [1.82, 2.24) is 29.9 Å². The maximum Gasteiger partial charge on any atom is 0.410 e. The molecule has 4 heterocycles. The van der Waals surface area contributed by atoms with Gasteiger partial charge in [0.25, 0.3) is 0 Å². The number of nitrogens with zero attached hydrogens (tertiary/aromatic N) is 5. The van der Waals surface area contributed by atoms with Crippen molar-refractivity contribution in [3.05, 3.63) is 65.1 Å². The first-order valence-corrected chi connectivity index (χ1v) is 16.1. The van der Waals surface area contributed by atoms with Crippen LogP contribution in [0.2, 0.25) is 0 Å². The van der Waals surface area contributed by atoms with E-state index in [0.29, 0.717) is 5.92 Å². The van der Waals surface area contributed by atoms with E-state index in [2.05, 4.69) is 73.5 Å². The minimum atomic E-state index is -0.450. The average Bonchev–Trinajstić information content (AvgIpc) is 3.43. The topological polar surface area (TPSA) is 86.8 Å². The summed E-state index contributed by atoms with van der Waals surface area (Å²) in [6.45, 7) is 14.5. The molecule has 2 aliphatic heterocycles. The van der Waals surface area contributed by atoms with Crippen LogP contribution in [0.15, 0.2) is 42.6 Å². The van der Waals surface area contributed by atoms with Crippen LogP contribution in [0.1, 0.15) is 62.5 Å². The van der Waals surface area contributed by atoms with Gasteiger partial charge in [-0.15, -0.1) is 0 Å². The third-order valence-corrected chi connectivity index (χ3v) is 8.79. The summed E-state index contributed by atoms with van der Waals surface area (Å²) in [5.74, 6) is 0.650. The van der Waals surface area contributed by atoms with Crippen LogP contribution in [0.4, 0.5) is 4.79 Å². The molecular weight excluding hydrogens is 552 g/mol. The van der Waals surface area contributed by atoms with E-state index in [1.165, 1.54) is 17.6 Å². The molecule has 1 amide bonds. The molecule has 3 aromatic rings. The standard InChI is InChI=1S/C35H46N6O3/c1-35(2,3)44-34(42)41-16-14-39(15-17-41)24-27-4-8-28(9-5-27)29-10-13-33-31(22-29)32(37-38-33)12-7-26-6-11-30(36-23-26)25-40-18-20-43-21-19-40/h6-8,10-13,22-23,27H,4-5,9,14-21,24-25H2,1-3H3,(H,37,38)/b12-7+. The van der Waals surface area contributed by atoms with Crippen LogP contribution < -0.4 is 0 Å². The highest BCUT2D eigenvalue weighted by Crippen LogP contribution is 2.33. The normalized spacial score (nSPS) is 20.8. The predicted octanol–water partition coefficient (Wildman–Crippen LogP) is 5.70. The molecule has 6 rings (SSSR count). The lowest BCUT2D eigenvalue weighted by atomic mass is 9.86. The van der Waals surface area contributed by atoms with Crippen LogP contribution in [0.25, 0.3) is 28.6 Å². The summed E-state index contributed by atoms with van der Waals surface area (Å²) < 4.78 is 11.0. The van der Waals surface area contributed by atoms with Gasteiger partial charge in [-0.2, -0.15) is 5.10 Å². The number of nitrogens with one attached hydrogen (secondary N) is 1. The highest BCUT2D eigenvalue weighted by Gasteiger charge is 2.27. The van der Waals surface area contributed by atoms with E-state index >= 15 is 0 Å². The molecule has 2 fully saturated rings. The molecule has 1 unspecified atom stereocenters. The van der Waals surface area contributed by atoms with Crippen LogP contribution >= 0.6 is 0 Å². The first kappa shape index (κ1) is 30.5. The number of allylic oxidation sites excluding steroid dienone is 2. The lowest BCUT2D eigenvalue weighted by Gasteiger charge is -2.37. The third kappa shape index (κ3) is 7.94. The average molecular weight is 599 g/mol. The van der Waals surface area contributed by atoms with Crippen molar-refractivity contribution in [2.45, 2.75) is 52.2 Å². The molecule has 0 bridgehead atoms. The third-order valence-electron chi connectivity index (χ3n) is 8.79. The predicted molar refractivity (Wildman–Crippen MR) is 175 cm³/mol. The fourth-order valence-corrected chi connectivity index (χ4v) is 6.27. The van der Waals surface area contributed by atoms with E-state index in [0.717, 1.165) is 106 Å². The van der Waals surface area contributed by atoms with Crippen LogP contribution in [0.3, 0.4) is 0 Å². The largest absolute Gasteiger partial charge is 0.444 e. The van der Waals surface area contributed by atoms with Crippen molar-refractivity contribution < 1.29 is 14.3 Å². The van der Waals surface area contributed by atoms with E-state index in [9.17, 15) is 4.79 Å². The molecule has 1 aromatic carbocycles. The van der Waals surface area contributed by atoms with Crippen LogP contribution in [-0.2, 0) is 16.0 Å². The molecule has 9 heteroatoms. The number of pyridine rings is 1. The SMILES string of the molecule is CC(C)(C)OC(=O)N1CCN(CC2CC=C(c3ccc4[nH]nc(/C=C/c5ccc(CN6CCOCC6)nc5)c4c3)CC2)CC1. The Morgan fingerprint density at radius 1 is 1.05 bits per heavy atom. The zero-order valence-corrected chi connectivity index (χ0v) is 26.4. The summed E-state index contributed by atoms with van der Waals surface area (Å²) in [6.07, 6.45) is 11.7. The van der Waals surface area contributed by atoms with Gasteiger partial charge in [0, 0.05) is 63.9 Å². The van der Waals surface area contributed by atoms with Gasteiger partial charge in [0.15, 0.2) is 0 Å². The molecule has 9 nitrogen and oxygen atoms in total. The number of carbonyl (C=O) groups is 1. The first-order valence-electron chi connectivity index (χ1n) is 16.1. The Labute approximate surface area is 260 Å². The lowest BCUT2D eigenvalue weighted by molar-refractivity contribution is 0.0132. The Bertz CT molecular complexity index is 1470. The number of hydrogen-bond donors (Lipinski definition) is 1. The van der Waals surface area contributed by atoms with E-state index in [-0.39, 0.29) is 6.09 Å². The molecule has 2 saturated heterocycles. The monoisotopic (exact) mass is 598 g/mol. The number of hydrogen-bond acceptors (Lipinski definition) is 7. The van der Waals surface area contributed by atoms with Gasteiger partial charge in [0.1, 0.15) is 5.60 Å². The molecule has 1 N–H and O–H groups in total. The Kier molecular flexibility index (Phi) is 9.44. The zero-order valence-electron chi connectivity index (χ0n) is 26.4. The van der Waals surface area contributed by atoms with E-state index in [1.807, 2.05) is 31.9 Å². The molecule has 3 aliphatic rings. The van der Waals surface area contributed by atoms with Crippen molar-refractivity contribution in [2.75, 3.05) is 59.0 Å². The van der Waals surface area contributed by atoms with E-state index in [1.54, 1.807) is 0 Å². The number of piperazine rings is 1. The molecule has 1 aliphatic carbocycles. The number of fused-ring (bicyclic) bond motifs is 1. The van der Waals surface area contributed by atoms with Gasteiger partial charge in [-0.25, -0.2) is 4.79 Å². The van der Waals surface area contributed by atoms with Crippen LogP contribution in [-0.4, -0.2) is 101 Å². The highest BCUT2D eigenvalue weighted by molar-refractivity contribution is 5.91. The number of H-pyrrole nitrogens is 1. The number of amides is 1. The van der Waals surface area contributed by atoms with Gasteiger partial charge in [-0.3, -0.25) is 19.9 Å². The minimum Gasteiger partial charge on any atom is -0.444 e. The molecule has 2 aromatic heterocycles. The van der Waals surface area contributed by atoms with Crippen molar-refractivity contribution in [3.8, 4) is 0 Å². The van der Waals surface area contributed by atoms with E-state index in [4.69, 9.17) is 9.47 Å². The lowest BCUT2D eigenvalue weighted by Crippen LogP contribution is -2.50. The molecule has 0 radical (unpaired) electrons. The molecular formula is C35H46N6O3. The van der Waals surface area contributed by atoms with Gasteiger partial charge in [0.2, 0.25) is 0 Å². The van der Waals surface area contributed by atoms with Crippen molar-refractivity contribution in [1.29, 1.82) is 0 Å². The van der Waals surface area contributed by atoms with Gasteiger partial charge in [-0.05, 0) is 86.9 Å². The summed E-state index contributed by atoms with van der Waals surface area (Å²) in [5, 5.41) is 8.93. The number of rotatable bonds is 7. The Hall–Kier alpha value is -3.53. The van der Waals surface area contributed by atoms with Gasteiger partial charge < -0.3 is 14.4 Å². The van der Waals surface area contributed by atoms with Crippen molar-refractivity contribution >= 4 is 34.7 Å². The molecule has 234 valence electrons. The van der Waals surface area contributed by atoms with Gasteiger partial charge >= 0.3 is 6.09 Å². The summed E-state index contributed by atoms with van der Waals surface area (Å²) in [6, 6.07) is 10.9. The summed E-state index contributed by atoms with van der Waals surface area (Å²) >= 11 is 0. The summed E-state index contributed by atoms with van der Waals surface area (Å²) in [7, 11) is 0. The second-order valence-electron chi connectivity index (χ2n) is 13.3. The number of benzene rings is 1. The second-order valence-corrected chi connectivity index (χ2v) is 13.3. The molecule has 0 spiro atoms. The fourth-order valence-electron chi connectivity index (χ4n) is 6.27. The number of carbonyl (C=O) groups excluding carboxylic acids is 1.